The lowest BCUT2D eigenvalue weighted by molar-refractivity contribution is -0.664. The standard InChI is InChI=1S/C22H28N2O3/c1-26-20-7-3-17(4-8-20)15-24(16-18-11-13-23-14-12-18)22(25)19-5-9-21(27-2)10-6-19/h3-10,18,23H,11-16H2,1-2H3/p+1. The van der Waals surface area contributed by atoms with E-state index in [4.69, 9.17) is 9.47 Å². The molecule has 0 aromatic heterocycles. The number of hydrogen-bond acceptors (Lipinski definition) is 3. The lowest BCUT2D eigenvalue weighted by atomic mass is 9.97. The van der Waals surface area contributed by atoms with Crippen LogP contribution < -0.4 is 14.8 Å². The summed E-state index contributed by atoms with van der Waals surface area (Å²) in [5, 5.41) is 2.36. The van der Waals surface area contributed by atoms with Gasteiger partial charge in [-0.1, -0.05) is 12.1 Å². The minimum absolute atomic E-state index is 0.0722. The van der Waals surface area contributed by atoms with Crippen molar-refractivity contribution in [2.24, 2.45) is 5.92 Å². The number of nitrogens with zero attached hydrogens (tertiary/aromatic N) is 1. The van der Waals surface area contributed by atoms with Gasteiger partial charge < -0.3 is 19.7 Å². The monoisotopic (exact) mass is 369 g/mol. The average molecular weight is 369 g/mol. The molecule has 0 unspecified atom stereocenters. The molecule has 1 heterocycles. The molecule has 1 amide bonds. The van der Waals surface area contributed by atoms with Gasteiger partial charge in [-0.25, -0.2) is 0 Å². The lowest BCUT2D eigenvalue weighted by Gasteiger charge is -2.29. The molecule has 1 saturated heterocycles. The van der Waals surface area contributed by atoms with E-state index in [1.165, 1.54) is 0 Å². The predicted molar refractivity (Wildman–Crippen MR) is 105 cm³/mol. The molecule has 5 heteroatoms. The van der Waals surface area contributed by atoms with E-state index in [0.29, 0.717) is 18.0 Å². The summed E-state index contributed by atoms with van der Waals surface area (Å²) < 4.78 is 10.4. The van der Waals surface area contributed by atoms with Crippen LogP contribution in [0.2, 0.25) is 0 Å². The SMILES string of the molecule is COc1ccc(CN(CC2CC[NH2+]CC2)C(=O)c2ccc(OC)cc2)cc1. The van der Waals surface area contributed by atoms with Gasteiger partial charge in [-0.05, 0) is 47.9 Å². The van der Waals surface area contributed by atoms with Gasteiger partial charge in [0.1, 0.15) is 11.5 Å². The van der Waals surface area contributed by atoms with Gasteiger partial charge in [0.25, 0.3) is 5.91 Å². The summed E-state index contributed by atoms with van der Waals surface area (Å²) in [4.78, 5) is 15.2. The Balaban J connectivity index is 1.77. The van der Waals surface area contributed by atoms with Crippen LogP contribution in [0, 0.1) is 5.92 Å². The van der Waals surface area contributed by atoms with Crippen LogP contribution in [-0.4, -0.2) is 44.7 Å². The highest BCUT2D eigenvalue weighted by atomic mass is 16.5. The molecule has 0 spiro atoms. The average Bonchev–Trinajstić information content (AvgIpc) is 2.74. The van der Waals surface area contributed by atoms with Crippen molar-refractivity contribution in [2.75, 3.05) is 33.9 Å². The number of methoxy groups -OCH3 is 2. The van der Waals surface area contributed by atoms with Crippen molar-refractivity contribution >= 4 is 5.91 Å². The van der Waals surface area contributed by atoms with Crippen molar-refractivity contribution in [3.8, 4) is 11.5 Å². The van der Waals surface area contributed by atoms with E-state index in [1.54, 1.807) is 14.2 Å². The van der Waals surface area contributed by atoms with Gasteiger partial charge >= 0.3 is 0 Å². The molecule has 0 radical (unpaired) electrons. The van der Waals surface area contributed by atoms with Gasteiger partial charge in [0.15, 0.2) is 0 Å². The molecule has 0 bridgehead atoms. The molecule has 0 atom stereocenters. The smallest absolute Gasteiger partial charge is 0.254 e. The highest BCUT2D eigenvalue weighted by Gasteiger charge is 2.23. The van der Waals surface area contributed by atoms with E-state index in [9.17, 15) is 4.79 Å². The van der Waals surface area contributed by atoms with Crippen molar-refractivity contribution in [3.63, 3.8) is 0 Å². The first-order chi connectivity index (χ1) is 13.2. The van der Waals surface area contributed by atoms with E-state index >= 15 is 0 Å². The number of quaternary nitrogens is 1. The van der Waals surface area contributed by atoms with Crippen molar-refractivity contribution < 1.29 is 19.6 Å². The Morgan fingerprint density at radius 2 is 1.52 bits per heavy atom. The molecule has 5 nitrogen and oxygen atoms in total. The van der Waals surface area contributed by atoms with E-state index < -0.39 is 0 Å². The Morgan fingerprint density at radius 3 is 2.07 bits per heavy atom. The van der Waals surface area contributed by atoms with Crippen LogP contribution in [0.15, 0.2) is 48.5 Å². The number of amides is 1. The van der Waals surface area contributed by atoms with E-state index in [0.717, 1.165) is 49.5 Å². The minimum Gasteiger partial charge on any atom is -0.497 e. The number of hydrogen-bond donors (Lipinski definition) is 1. The first-order valence-electron chi connectivity index (χ1n) is 9.57. The summed E-state index contributed by atoms with van der Waals surface area (Å²) in [5.41, 5.74) is 1.81. The van der Waals surface area contributed by atoms with Gasteiger partial charge in [0.2, 0.25) is 0 Å². The molecule has 1 aliphatic rings. The second-order valence-corrected chi connectivity index (χ2v) is 7.07. The van der Waals surface area contributed by atoms with Crippen molar-refractivity contribution in [2.45, 2.75) is 19.4 Å². The van der Waals surface area contributed by atoms with Gasteiger partial charge in [-0.2, -0.15) is 0 Å². The van der Waals surface area contributed by atoms with E-state index in [2.05, 4.69) is 5.32 Å². The van der Waals surface area contributed by atoms with Crippen molar-refractivity contribution in [1.82, 2.24) is 4.90 Å². The fourth-order valence-corrected chi connectivity index (χ4v) is 3.58. The topological polar surface area (TPSA) is 55.4 Å². The number of rotatable bonds is 7. The number of benzene rings is 2. The molecule has 144 valence electrons. The van der Waals surface area contributed by atoms with Crippen LogP contribution in [0.3, 0.4) is 0 Å². The predicted octanol–water partition coefficient (Wildman–Crippen LogP) is 2.32. The van der Waals surface area contributed by atoms with Gasteiger partial charge in [-0.3, -0.25) is 4.79 Å². The van der Waals surface area contributed by atoms with Crippen LogP contribution in [0.5, 0.6) is 11.5 Å². The molecular formula is C22H29N2O3+. The highest BCUT2D eigenvalue weighted by molar-refractivity contribution is 5.94. The molecule has 1 aliphatic heterocycles. The van der Waals surface area contributed by atoms with Crippen LogP contribution in [0.4, 0.5) is 0 Å². The fourth-order valence-electron chi connectivity index (χ4n) is 3.58. The molecule has 2 aromatic carbocycles. The molecule has 2 aromatic rings. The number of piperidine rings is 1. The van der Waals surface area contributed by atoms with Crippen LogP contribution >= 0.6 is 0 Å². The first-order valence-corrected chi connectivity index (χ1v) is 9.57. The summed E-state index contributed by atoms with van der Waals surface area (Å²) in [7, 11) is 3.29. The molecule has 2 N–H and O–H groups in total. The van der Waals surface area contributed by atoms with Gasteiger partial charge in [0.05, 0.1) is 27.3 Å². The highest BCUT2D eigenvalue weighted by Crippen LogP contribution is 2.20. The van der Waals surface area contributed by atoms with E-state index in [1.807, 2.05) is 53.4 Å². The molecule has 0 saturated carbocycles. The minimum atomic E-state index is 0.0722. The summed E-state index contributed by atoms with van der Waals surface area (Å²) >= 11 is 0. The quantitative estimate of drug-likeness (QED) is 0.815. The third-order valence-corrected chi connectivity index (χ3v) is 5.19. The Kier molecular flexibility index (Phi) is 6.71. The number of nitrogens with two attached hydrogens (primary N) is 1. The fraction of sp³-hybridized carbons (Fsp3) is 0.409. The van der Waals surface area contributed by atoms with Gasteiger partial charge in [0, 0.05) is 31.5 Å². The zero-order valence-corrected chi connectivity index (χ0v) is 16.2. The molecule has 1 fully saturated rings. The Labute approximate surface area is 161 Å². The first kappa shape index (κ1) is 19.2. The summed E-state index contributed by atoms with van der Waals surface area (Å²) in [5.74, 6) is 2.23. The maximum atomic E-state index is 13.2. The third kappa shape index (κ3) is 5.23. The van der Waals surface area contributed by atoms with Crippen LogP contribution in [0.1, 0.15) is 28.8 Å². The maximum absolute atomic E-state index is 13.2. The maximum Gasteiger partial charge on any atom is 0.254 e. The third-order valence-electron chi connectivity index (χ3n) is 5.19. The van der Waals surface area contributed by atoms with Crippen LogP contribution in [0.25, 0.3) is 0 Å². The van der Waals surface area contributed by atoms with Crippen molar-refractivity contribution in [1.29, 1.82) is 0 Å². The Bertz CT molecular complexity index is 722. The van der Waals surface area contributed by atoms with E-state index in [-0.39, 0.29) is 5.91 Å². The second-order valence-electron chi connectivity index (χ2n) is 7.07. The van der Waals surface area contributed by atoms with Crippen molar-refractivity contribution in [3.05, 3.63) is 59.7 Å². The Morgan fingerprint density at radius 1 is 0.963 bits per heavy atom. The zero-order chi connectivity index (χ0) is 19.1. The summed E-state index contributed by atoms with van der Waals surface area (Å²) in [6.45, 7) is 3.70. The normalized spacial score (nSPS) is 14.6. The number of carbonyl (C=O) groups is 1. The largest absolute Gasteiger partial charge is 0.497 e. The molecular weight excluding hydrogens is 340 g/mol. The molecule has 3 rings (SSSR count). The number of carbonyl (C=O) groups excluding carboxylic acids is 1. The molecule has 0 aliphatic carbocycles. The second kappa shape index (κ2) is 9.42. The van der Waals surface area contributed by atoms with Crippen LogP contribution in [-0.2, 0) is 6.54 Å². The molecule has 27 heavy (non-hydrogen) atoms. The lowest BCUT2D eigenvalue weighted by Crippen LogP contribution is -2.86. The Hall–Kier alpha value is -2.53. The number of ether oxygens (including phenoxy) is 2. The summed E-state index contributed by atoms with van der Waals surface area (Å²) in [6.07, 6.45) is 2.32. The van der Waals surface area contributed by atoms with Gasteiger partial charge in [-0.15, -0.1) is 0 Å². The summed E-state index contributed by atoms with van der Waals surface area (Å²) in [6, 6.07) is 15.3. The zero-order valence-electron chi connectivity index (χ0n) is 16.2.